The van der Waals surface area contributed by atoms with E-state index in [1.165, 1.54) is 12.8 Å². The topological polar surface area (TPSA) is 47.0 Å². The van der Waals surface area contributed by atoms with Gasteiger partial charge in [-0.15, -0.1) is 0 Å². The van der Waals surface area contributed by atoms with Gasteiger partial charge in [-0.3, -0.25) is 0 Å². The lowest BCUT2D eigenvalue weighted by Gasteiger charge is -2.36. The third-order valence-electron chi connectivity index (χ3n) is 4.41. The van der Waals surface area contributed by atoms with Crippen molar-refractivity contribution in [3.63, 3.8) is 0 Å². The van der Waals surface area contributed by atoms with Crippen molar-refractivity contribution < 1.29 is 4.74 Å². The Hall–Kier alpha value is -1.00. The summed E-state index contributed by atoms with van der Waals surface area (Å²) in [4.78, 5) is 9.19. The first-order valence-corrected chi connectivity index (χ1v) is 7.96. The predicted molar refractivity (Wildman–Crippen MR) is 84.9 cm³/mol. The van der Waals surface area contributed by atoms with E-state index in [0.717, 1.165) is 36.7 Å². The van der Waals surface area contributed by atoms with Gasteiger partial charge in [0.2, 0.25) is 0 Å². The fourth-order valence-electron chi connectivity index (χ4n) is 2.80. The lowest BCUT2D eigenvalue weighted by Crippen LogP contribution is -2.36. The van der Waals surface area contributed by atoms with Gasteiger partial charge in [0.25, 0.3) is 0 Å². The molecule has 21 heavy (non-hydrogen) atoms. The average molecular weight is 291 g/mol. The van der Waals surface area contributed by atoms with Crippen molar-refractivity contribution in [3.05, 3.63) is 23.8 Å². The van der Waals surface area contributed by atoms with Gasteiger partial charge >= 0.3 is 0 Å². The van der Waals surface area contributed by atoms with E-state index in [-0.39, 0.29) is 11.1 Å². The van der Waals surface area contributed by atoms with E-state index < -0.39 is 0 Å². The maximum atomic E-state index is 5.83. The van der Waals surface area contributed by atoms with E-state index in [2.05, 4.69) is 43.0 Å². The van der Waals surface area contributed by atoms with Crippen LogP contribution in [0.2, 0.25) is 0 Å². The molecule has 1 aliphatic rings. The highest BCUT2D eigenvalue weighted by atomic mass is 16.5. The Kier molecular flexibility index (Phi) is 4.99. The van der Waals surface area contributed by atoms with Gasteiger partial charge in [-0.2, -0.15) is 0 Å². The smallest absolute Gasteiger partial charge is 0.160 e. The van der Waals surface area contributed by atoms with Crippen molar-refractivity contribution in [2.45, 2.75) is 71.1 Å². The molecule has 1 aromatic heterocycles. The molecule has 4 nitrogen and oxygen atoms in total. The molecular weight excluding hydrogens is 262 g/mol. The Morgan fingerprint density at radius 3 is 2.29 bits per heavy atom. The molecule has 1 N–H and O–H groups in total. The largest absolute Gasteiger partial charge is 0.370 e. The monoisotopic (exact) mass is 291 g/mol. The lowest BCUT2D eigenvalue weighted by atomic mass is 9.79. The molecule has 0 amide bonds. The second kappa shape index (κ2) is 6.41. The maximum Gasteiger partial charge on any atom is 0.160 e. The molecule has 1 fully saturated rings. The fourth-order valence-corrected chi connectivity index (χ4v) is 2.80. The molecule has 1 aliphatic carbocycles. The van der Waals surface area contributed by atoms with Crippen LogP contribution in [0.3, 0.4) is 0 Å². The molecule has 1 heterocycles. The Morgan fingerprint density at radius 2 is 1.81 bits per heavy atom. The molecule has 1 aromatic rings. The molecule has 0 bridgehead atoms. The predicted octanol–water partition coefficient (Wildman–Crippen LogP) is 3.42. The van der Waals surface area contributed by atoms with E-state index in [9.17, 15) is 0 Å². The van der Waals surface area contributed by atoms with E-state index in [1.54, 1.807) is 7.11 Å². The third kappa shape index (κ3) is 4.24. The molecule has 0 spiro atoms. The molecule has 118 valence electrons. The summed E-state index contributed by atoms with van der Waals surface area (Å²) < 4.78 is 5.83. The zero-order chi connectivity index (χ0) is 15.5. The van der Waals surface area contributed by atoms with Crippen LogP contribution in [0.1, 0.15) is 64.8 Å². The van der Waals surface area contributed by atoms with Gasteiger partial charge in [0.15, 0.2) is 5.82 Å². The minimum Gasteiger partial charge on any atom is -0.370 e. The number of rotatable bonds is 4. The van der Waals surface area contributed by atoms with Gasteiger partial charge < -0.3 is 10.1 Å². The summed E-state index contributed by atoms with van der Waals surface area (Å²) >= 11 is 0. The van der Waals surface area contributed by atoms with Gasteiger partial charge in [-0.05, 0) is 52.4 Å². The van der Waals surface area contributed by atoms with E-state index >= 15 is 0 Å². The van der Waals surface area contributed by atoms with Crippen LogP contribution in [-0.2, 0) is 16.9 Å². The number of hydrogen-bond acceptors (Lipinski definition) is 4. The second-order valence-corrected chi connectivity index (χ2v) is 7.40. The Bertz CT molecular complexity index is 442. The molecule has 4 heteroatoms. The van der Waals surface area contributed by atoms with Gasteiger partial charge in [-0.25, -0.2) is 9.97 Å². The van der Waals surface area contributed by atoms with Crippen LogP contribution in [0.5, 0.6) is 0 Å². The zero-order valence-corrected chi connectivity index (χ0v) is 14.1. The van der Waals surface area contributed by atoms with Crippen LogP contribution < -0.4 is 5.32 Å². The summed E-state index contributed by atoms with van der Waals surface area (Å²) in [5.74, 6) is 1.62. The maximum absolute atomic E-state index is 5.83. The van der Waals surface area contributed by atoms with Crippen LogP contribution >= 0.6 is 0 Å². The summed E-state index contributed by atoms with van der Waals surface area (Å²) in [6.07, 6.45) is 8.27. The minimum absolute atomic E-state index is 0.103. The first-order valence-electron chi connectivity index (χ1n) is 7.96. The van der Waals surface area contributed by atoms with Crippen LogP contribution in [-0.4, -0.2) is 22.6 Å². The van der Waals surface area contributed by atoms with Crippen LogP contribution in [0.4, 0.5) is 0 Å². The summed E-state index contributed by atoms with van der Waals surface area (Å²) in [5, 5.41) is 3.46. The number of hydrogen-bond donors (Lipinski definition) is 1. The highest BCUT2D eigenvalue weighted by molar-refractivity contribution is 5.11. The Labute approximate surface area is 128 Å². The number of ether oxygens (including phenoxy) is 1. The number of nitrogens with one attached hydrogen (secondary N) is 1. The normalized spacial score (nSPS) is 26.8. The van der Waals surface area contributed by atoms with Crippen molar-refractivity contribution in [1.29, 1.82) is 0 Å². The minimum atomic E-state index is -0.275. The first-order chi connectivity index (χ1) is 9.85. The van der Waals surface area contributed by atoms with Crippen LogP contribution in [0.15, 0.2) is 12.4 Å². The van der Waals surface area contributed by atoms with E-state index in [4.69, 9.17) is 4.74 Å². The molecule has 0 saturated heterocycles. The standard InChI is InChI=1S/C17H29N3O/c1-13-6-8-17(21-5,9-7-13)15-18-10-14(11-19-15)12-20-16(2,3)4/h10-11,13,20H,6-9,12H2,1-5H3. The van der Waals surface area contributed by atoms with Crippen molar-refractivity contribution in [1.82, 2.24) is 15.3 Å². The number of methoxy groups -OCH3 is 1. The molecule has 0 unspecified atom stereocenters. The number of nitrogens with zero attached hydrogens (tertiary/aromatic N) is 2. The van der Waals surface area contributed by atoms with Crippen molar-refractivity contribution in [3.8, 4) is 0 Å². The summed E-state index contributed by atoms with van der Waals surface area (Å²) in [7, 11) is 1.79. The Balaban J connectivity index is 2.06. The van der Waals surface area contributed by atoms with Gasteiger partial charge in [-0.1, -0.05) is 6.92 Å². The van der Waals surface area contributed by atoms with Crippen molar-refractivity contribution in [2.75, 3.05) is 7.11 Å². The first kappa shape index (κ1) is 16.4. The molecule has 2 rings (SSSR count). The number of aromatic nitrogens is 2. The highest BCUT2D eigenvalue weighted by Crippen LogP contribution is 2.40. The molecular formula is C17H29N3O. The average Bonchev–Trinajstić information content (AvgIpc) is 2.46. The van der Waals surface area contributed by atoms with Gasteiger partial charge in [0, 0.05) is 37.2 Å². The summed E-state index contributed by atoms with van der Waals surface area (Å²) in [6, 6.07) is 0. The quantitative estimate of drug-likeness (QED) is 0.923. The van der Waals surface area contributed by atoms with Gasteiger partial charge in [0.05, 0.1) is 0 Å². The fraction of sp³-hybridized carbons (Fsp3) is 0.765. The lowest BCUT2D eigenvalue weighted by molar-refractivity contribution is -0.0597. The SMILES string of the molecule is COC1(c2ncc(CNC(C)(C)C)cn2)CCC(C)CC1. The third-order valence-corrected chi connectivity index (χ3v) is 4.41. The molecule has 0 radical (unpaired) electrons. The molecule has 1 saturated carbocycles. The summed E-state index contributed by atoms with van der Waals surface area (Å²) in [6.45, 7) is 9.57. The summed E-state index contributed by atoms with van der Waals surface area (Å²) in [5.41, 5.74) is 0.943. The Morgan fingerprint density at radius 1 is 1.24 bits per heavy atom. The molecule has 0 aromatic carbocycles. The van der Waals surface area contributed by atoms with Gasteiger partial charge in [0.1, 0.15) is 5.60 Å². The second-order valence-electron chi connectivity index (χ2n) is 7.40. The molecule has 0 aliphatic heterocycles. The van der Waals surface area contributed by atoms with E-state index in [1.807, 2.05) is 12.4 Å². The van der Waals surface area contributed by atoms with Crippen LogP contribution in [0, 0.1) is 5.92 Å². The molecule has 0 atom stereocenters. The van der Waals surface area contributed by atoms with Crippen molar-refractivity contribution >= 4 is 0 Å². The van der Waals surface area contributed by atoms with E-state index in [0.29, 0.717) is 0 Å². The van der Waals surface area contributed by atoms with Crippen LogP contribution in [0.25, 0.3) is 0 Å². The highest BCUT2D eigenvalue weighted by Gasteiger charge is 2.38. The van der Waals surface area contributed by atoms with Crippen molar-refractivity contribution in [2.24, 2.45) is 5.92 Å². The zero-order valence-electron chi connectivity index (χ0n) is 14.1.